The zero-order valence-corrected chi connectivity index (χ0v) is 10.1. The van der Waals surface area contributed by atoms with Gasteiger partial charge in [0.05, 0.1) is 0 Å². The fraction of sp³-hybridized carbons (Fsp3) is 0.0667. The first-order valence-corrected chi connectivity index (χ1v) is 5.97. The van der Waals surface area contributed by atoms with E-state index in [2.05, 4.69) is 10.6 Å². The van der Waals surface area contributed by atoms with E-state index in [1.807, 2.05) is 42.5 Å². The molecule has 94 valence electrons. The topological polar surface area (TPSA) is 58.2 Å². The summed E-state index contributed by atoms with van der Waals surface area (Å²) in [5, 5.41) is 5.62. The lowest BCUT2D eigenvalue weighted by molar-refractivity contribution is -0.111. The number of amides is 2. The van der Waals surface area contributed by atoms with E-state index in [9.17, 15) is 9.59 Å². The Hall–Kier alpha value is -2.62. The van der Waals surface area contributed by atoms with Crippen LogP contribution >= 0.6 is 0 Å². The molecule has 2 aromatic carbocycles. The van der Waals surface area contributed by atoms with Gasteiger partial charge in [-0.15, -0.1) is 0 Å². The minimum atomic E-state index is -0.976. The molecule has 2 N–H and O–H groups in total. The van der Waals surface area contributed by atoms with E-state index >= 15 is 0 Å². The molecule has 0 spiro atoms. The number of carbonyl (C=O) groups excluding carboxylic acids is 2. The van der Waals surface area contributed by atoms with E-state index in [0.29, 0.717) is 12.0 Å². The van der Waals surface area contributed by atoms with Crippen LogP contribution in [0.1, 0.15) is 21.5 Å². The highest BCUT2D eigenvalue weighted by atomic mass is 16.2. The molecule has 0 saturated carbocycles. The fourth-order valence-corrected chi connectivity index (χ4v) is 2.51. The molecule has 0 fully saturated rings. The quantitative estimate of drug-likeness (QED) is 0.811. The van der Waals surface area contributed by atoms with Gasteiger partial charge in [-0.3, -0.25) is 9.59 Å². The van der Waals surface area contributed by atoms with Crippen LogP contribution in [0.5, 0.6) is 0 Å². The maximum absolute atomic E-state index is 12.1. The average molecular weight is 252 g/mol. The van der Waals surface area contributed by atoms with Crippen LogP contribution in [0.25, 0.3) is 0 Å². The molecule has 3 rings (SSSR count). The van der Waals surface area contributed by atoms with Crippen molar-refractivity contribution < 1.29 is 9.59 Å². The van der Waals surface area contributed by atoms with Crippen LogP contribution in [0.2, 0.25) is 0 Å². The van der Waals surface area contributed by atoms with Crippen molar-refractivity contribution in [2.24, 2.45) is 0 Å². The summed E-state index contributed by atoms with van der Waals surface area (Å²) in [6.45, 7) is 0. The summed E-state index contributed by atoms with van der Waals surface area (Å²) >= 11 is 0. The van der Waals surface area contributed by atoms with Gasteiger partial charge >= 0.3 is 0 Å². The van der Waals surface area contributed by atoms with Crippen molar-refractivity contribution in [3.8, 4) is 0 Å². The van der Waals surface area contributed by atoms with Crippen LogP contribution in [-0.4, -0.2) is 12.3 Å². The summed E-state index contributed by atoms with van der Waals surface area (Å²) in [7, 11) is 0. The zero-order chi connectivity index (χ0) is 13.3. The van der Waals surface area contributed by atoms with Crippen LogP contribution in [0.15, 0.2) is 54.6 Å². The second kappa shape index (κ2) is 4.24. The monoisotopic (exact) mass is 252 g/mol. The standard InChI is InChI=1S/C15H12N2O2/c18-10-16-15(11-6-2-1-3-7-11)13-9-5-4-8-12(13)14(19)17-15/h1-10H,(H,16,18)(H,17,19). The lowest BCUT2D eigenvalue weighted by Crippen LogP contribution is -2.52. The smallest absolute Gasteiger partial charge is 0.254 e. The van der Waals surface area contributed by atoms with Crippen molar-refractivity contribution in [1.29, 1.82) is 0 Å². The van der Waals surface area contributed by atoms with E-state index in [1.165, 1.54) is 0 Å². The Bertz CT molecular complexity index is 640. The first-order chi connectivity index (χ1) is 9.28. The van der Waals surface area contributed by atoms with Gasteiger partial charge in [0.15, 0.2) is 5.66 Å². The summed E-state index contributed by atoms with van der Waals surface area (Å²) < 4.78 is 0. The molecule has 1 heterocycles. The van der Waals surface area contributed by atoms with E-state index in [4.69, 9.17) is 0 Å². The van der Waals surface area contributed by atoms with Gasteiger partial charge in [0, 0.05) is 16.7 Å². The molecule has 0 aromatic heterocycles. The minimum absolute atomic E-state index is 0.186. The van der Waals surface area contributed by atoms with Crippen LogP contribution in [-0.2, 0) is 10.5 Å². The highest BCUT2D eigenvalue weighted by molar-refractivity contribution is 6.01. The van der Waals surface area contributed by atoms with Crippen LogP contribution in [0.3, 0.4) is 0 Å². The van der Waals surface area contributed by atoms with Crippen LogP contribution in [0, 0.1) is 0 Å². The Morgan fingerprint density at radius 1 is 1.00 bits per heavy atom. The Morgan fingerprint density at radius 2 is 1.68 bits per heavy atom. The molecular formula is C15H12N2O2. The second-order valence-corrected chi connectivity index (χ2v) is 4.38. The van der Waals surface area contributed by atoms with E-state index in [1.54, 1.807) is 12.1 Å². The Labute approximate surface area is 110 Å². The van der Waals surface area contributed by atoms with Crippen molar-refractivity contribution in [3.05, 3.63) is 71.3 Å². The zero-order valence-electron chi connectivity index (χ0n) is 10.1. The van der Waals surface area contributed by atoms with Crippen molar-refractivity contribution in [3.63, 3.8) is 0 Å². The maximum atomic E-state index is 12.1. The maximum Gasteiger partial charge on any atom is 0.254 e. The number of fused-ring (bicyclic) bond motifs is 1. The van der Waals surface area contributed by atoms with Gasteiger partial charge in [-0.25, -0.2) is 0 Å². The Balaban J connectivity index is 2.24. The van der Waals surface area contributed by atoms with Gasteiger partial charge in [0.25, 0.3) is 5.91 Å². The number of benzene rings is 2. The molecule has 1 aliphatic rings. The van der Waals surface area contributed by atoms with E-state index in [0.717, 1.165) is 11.1 Å². The molecular weight excluding hydrogens is 240 g/mol. The molecule has 4 nitrogen and oxygen atoms in total. The summed E-state index contributed by atoms with van der Waals surface area (Å²) in [5.41, 5.74) is 1.19. The number of rotatable bonds is 3. The van der Waals surface area contributed by atoms with Crippen molar-refractivity contribution in [2.75, 3.05) is 0 Å². The van der Waals surface area contributed by atoms with Gasteiger partial charge in [-0.1, -0.05) is 48.5 Å². The first kappa shape index (κ1) is 11.5. The van der Waals surface area contributed by atoms with Crippen molar-refractivity contribution >= 4 is 12.3 Å². The molecule has 1 aliphatic heterocycles. The molecule has 0 saturated heterocycles. The normalized spacial score (nSPS) is 20.5. The molecule has 1 unspecified atom stereocenters. The molecule has 4 heteroatoms. The minimum Gasteiger partial charge on any atom is -0.328 e. The molecule has 1 atom stereocenters. The van der Waals surface area contributed by atoms with Gasteiger partial charge in [-0.05, 0) is 6.07 Å². The third kappa shape index (κ3) is 1.61. The molecule has 2 amide bonds. The lowest BCUT2D eigenvalue weighted by Gasteiger charge is -2.30. The summed E-state index contributed by atoms with van der Waals surface area (Å²) in [6, 6.07) is 16.6. The number of nitrogens with one attached hydrogen (secondary N) is 2. The fourth-order valence-electron chi connectivity index (χ4n) is 2.51. The third-order valence-electron chi connectivity index (χ3n) is 3.36. The predicted molar refractivity (Wildman–Crippen MR) is 70.3 cm³/mol. The number of hydrogen-bond donors (Lipinski definition) is 2. The third-order valence-corrected chi connectivity index (χ3v) is 3.36. The molecule has 0 bridgehead atoms. The summed E-state index contributed by atoms with van der Waals surface area (Å²) in [4.78, 5) is 23.1. The Kier molecular flexibility index (Phi) is 2.56. The van der Waals surface area contributed by atoms with Crippen molar-refractivity contribution in [2.45, 2.75) is 5.66 Å². The van der Waals surface area contributed by atoms with Crippen LogP contribution < -0.4 is 10.6 Å². The van der Waals surface area contributed by atoms with E-state index in [-0.39, 0.29) is 5.91 Å². The predicted octanol–water partition coefficient (Wildman–Crippen LogP) is 1.38. The highest BCUT2D eigenvalue weighted by Crippen LogP contribution is 2.34. The SMILES string of the molecule is O=CNC1(c2ccccc2)NC(=O)c2ccccc21. The van der Waals surface area contributed by atoms with Gasteiger partial charge in [0.2, 0.25) is 6.41 Å². The lowest BCUT2D eigenvalue weighted by atomic mass is 9.91. The molecule has 0 radical (unpaired) electrons. The number of carbonyl (C=O) groups is 2. The largest absolute Gasteiger partial charge is 0.328 e. The summed E-state index contributed by atoms with van der Waals surface area (Å²) in [5.74, 6) is -0.186. The Morgan fingerprint density at radius 3 is 2.42 bits per heavy atom. The highest BCUT2D eigenvalue weighted by Gasteiger charge is 2.43. The molecule has 19 heavy (non-hydrogen) atoms. The number of hydrogen-bond acceptors (Lipinski definition) is 2. The van der Waals surface area contributed by atoms with Gasteiger partial charge < -0.3 is 10.6 Å². The summed E-state index contributed by atoms with van der Waals surface area (Å²) in [6.07, 6.45) is 0.607. The van der Waals surface area contributed by atoms with Crippen molar-refractivity contribution in [1.82, 2.24) is 10.6 Å². The molecule has 2 aromatic rings. The molecule has 0 aliphatic carbocycles. The van der Waals surface area contributed by atoms with Crippen LogP contribution in [0.4, 0.5) is 0 Å². The average Bonchev–Trinajstić information content (AvgIpc) is 2.75. The van der Waals surface area contributed by atoms with Gasteiger partial charge in [0.1, 0.15) is 0 Å². The first-order valence-electron chi connectivity index (χ1n) is 5.97. The van der Waals surface area contributed by atoms with E-state index < -0.39 is 5.66 Å². The van der Waals surface area contributed by atoms with Gasteiger partial charge in [-0.2, -0.15) is 0 Å². The second-order valence-electron chi connectivity index (χ2n) is 4.38.